The Kier molecular flexibility index (Phi) is 6.28. The zero-order valence-electron chi connectivity index (χ0n) is 18.0. The molecule has 4 rings (SSSR count). The molecule has 0 bridgehead atoms. The van der Waals surface area contributed by atoms with Crippen molar-refractivity contribution in [2.45, 2.75) is 13.0 Å². The molecule has 3 aromatic heterocycles. The number of carbonyl (C=O) groups excluding carboxylic acids is 1. The van der Waals surface area contributed by atoms with Crippen LogP contribution < -0.4 is 10.2 Å². The van der Waals surface area contributed by atoms with Gasteiger partial charge in [-0.15, -0.1) is 0 Å². The first kappa shape index (κ1) is 22.9. The SMILES string of the molecule is CN(C(=O)c1cc2nc(-c3ccnc(CNCC(F)F)c3)ccc2[nH]1)c1cc(O)c(O)c(O)c1. The van der Waals surface area contributed by atoms with Crippen LogP contribution >= 0.6 is 0 Å². The third kappa shape index (κ3) is 4.74. The number of nitrogens with one attached hydrogen (secondary N) is 2. The third-order valence-corrected chi connectivity index (χ3v) is 5.17. The fourth-order valence-electron chi connectivity index (χ4n) is 3.41. The predicted octanol–water partition coefficient (Wildman–Crippen LogP) is 3.37. The molecule has 0 aliphatic carbocycles. The lowest BCUT2D eigenvalue weighted by Crippen LogP contribution is -2.26. The normalized spacial score (nSPS) is 11.3. The van der Waals surface area contributed by atoms with Gasteiger partial charge in [0.05, 0.1) is 34.7 Å². The molecule has 3 heterocycles. The molecule has 0 saturated heterocycles. The molecule has 11 heteroatoms. The highest BCUT2D eigenvalue weighted by Crippen LogP contribution is 2.38. The number of halogens is 2. The number of amides is 1. The second-order valence-electron chi connectivity index (χ2n) is 7.57. The zero-order valence-corrected chi connectivity index (χ0v) is 18.0. The van der Waals surface area contributed by atoms with Crippen molar-refractivity contribution < 1.29 is 28.9 Å². The van der Waals surface area contributed by atoms with Crippen LogP contribution in [0.1, 0.15) is 16.2 Å². The van der Waals surface area contributed by atoms with E-state index in [1.54, 1.807) is 36.5 Å². The van der Waals surface area contributed by atoms with Gasteiger partial charge in [0.15, 0.2) is 17.2 Å². The quantitative estimate of drug-likeness (QED) is 0.262. The molecule has 0 aliphatic heterocycles. The van der Waals surface area contributed by atoms with Crippen molar-refractivity contribution >= 4 is 22.6 Å². The molecule has 1 amide bonds. The van der Waals surface area contributed by atoms with E-state index in [-0.39, 0.29) is 17.9 Å². The van der Waals surface area contributed by atoms with Gasteiger partial charge in [-0.25, -0.2) is 13.8 Å². The Morgan fingerprint density at radius 2 is 1.85 bits per heavy atom. The molecule has 9 nitrogen and oxygen atoms in total. The van der Waals surface area contributed by atoms with E-state index in [9.17, 15) is 28.9 Å². The lowest BCUT2D eigenvalue weighted by molar-refractivity contribution is 0.0989. The van der Waals surface area contributed by atoms with Gasteiger partial charge < -0.3 is 30.5 Å². The summed E-state index contributed by atoms with van der Waals surface area (Å²) >= 11 is 0. The fraction of sp³-hybridized carbons (Fsp3) is 0.174. The van der Waals surface area contributed by atoms with E-state index in [2.05, 4.69) is 20.3 Å². The van der Waals surface area contributed by atoms with Gasteiger partial charge in [-0.1, -0.05) is 0 Å². The summed E-state index contributed by atoms with van der Waals surface area (Å²) in [6.45, 7) is -0.230. The predicted molar refractivity (Wildman–Crippen MR) is 121 cm³/mol. The number of phenolic OH excluding ortho intramolecular Hbond substituents is 3. The first-order chi connectivity index (χ1) is 16.2. The van der Waals surface area contributed by atoms with Crippen molar-refractivity contribution in [3.63, 3.8) is 0 Å². The number of H-pyrrole nitrogens is 1. The maximum absolute atomic E-state index is 12.9. The van der Waals surface area contributed by atoms with E-state index in [1.165, 1.54) is 11.9 Å². The maximum Gasteiger partial charge on any atom is 0.274 e. The van der Waals surface area contributed by atoms with Crippen molar-refractivity contribution in [3.05, 3.63) is 60.0 Å². The summed E-state index contributed by atoms with van der Waals surface area (Å²) in [6, 6.07) is 10.9. The minimum absolute atomic E-state index is 0.176. The monoisotopic (exact) mass is 469 g/mol. The first-order valence-corrected chi connectivity index (χ1v) is 10.2. The van der Waals surface area contributed by atoms with Crippen LogP contribution in [0.15, 0.2) is 48.7 Å². The van der Waals surface area contributed by atoms with Gasteiger partial charge in [0, 0.05) is 37.5 Å². The van der Waals surface area contributed by atoms with Crippen molar-refractivity contribution in [2.75, 3.05) is 18.5 Å². The molecule has 176 valence electrons. The molecule has 34 heavy (non-hydrogen) atoms. The van der Waals surface area contributed by atoms with Gasteiger partial charge >= 0.3 is 0 Å². The van der Waals surface area contributed by atoms with Gasteiger partial charge in [-0.2, -0.15) is 0 Å². The van der Waals surface area contributed by atoms with Gasteiger partial charge in [0.1, 0.15) is 5.69 Å². The van der Waals surface area contributed by atoms with Crippen molar-refractivity contribution in [3.8, 4) is 28.5 Å². The van der Waals surface area contributed by atoms with Crippen molar-refractivity contribution in [1.29, 1.82) is 0 Å². The van der Waals surface area contributed by atoms with E-state index >= 15 is 0 Å². The first-order valence-electron chi connectivity index (χ1n) is 10.2. The topological polar surface area (TPSA) is 135 Å². The second-order valence-corrected chi connectivity index (χ2v) is 7.57. The van der Waals surface area contributed by atoms with E-state index in [0.29, 0.717) is 22.4 Å². The number of hydrogen-bond acceptors (Lipinski definition) is 7. The van der Waals surface area contributed by atoms with E-state index in [1.807, 2.05) is 0 Å². The number of anilines is 1. The summed E-state index contributed by atoms with van der Waals surface area (Å²) in [7, 11) is 1.46. The molecule has 0 aliphatic rings. The average molecular weight is 469 g/mol. The van der Waals surface area contributed by atoms with Crippen LogP contribution in [0.2, 0.25) is 0 Å². The molecule has 0 spiro atoms. The molecule has 0 radical (unpaired) electrons. The molecule has 4 aromatic rings. The zero-order chi connectivity index (χ0) is 24.4. The number of aromatic nitrogens is 3. The Balaban J connectivity index is 1.57. The number of fused-ring (bicyclic) bond motifs is 1. The Hall–Kier alpha value is -4.25. The van der Waals surface area contributed by atoms with Gasteiger partial charge in [-0.05, 0) is 30.3 Å². The Bertz CT molecular complexity index is 1340. The van der Waals surface area contributed by atoms with Gasteiger partial charge in [0.25, 0.3) is 12.3 Å². The maximum atomic E-state index is 12.9. The van der Waals surface area contributed by atoms with Crippen LogP contribution in [-0.2, 0) is 6.54 Å². The number of alkyl halides is 2. The molecule has 5 N–H and O–H groups in total. The van der Waals surface area contributed by atoms with Gasteiger partial charge in [0.2, 0.25) is 0 Å². The Morgan fingerprint density at radius 3 is 2.56 bits per heavy atom. The number of carbonyl (C=O) groups is 1. The Morgan fingerprint density at radius 1 is 1.12 bits per heavy atom. The number of aromatic hydroxyl groups is 3. The molecular weight excluding hydrogens is 448 g/mol. The number of benzene rings is 1. The highest BCUT2D eigenvalue weighted by Gasteiger charge is 2.19. The minimum Gasteiger partial charge on any atom is -0.504 e. The van der Waals surface area contributed by atoms with Crippen LogP contribution in [-0.4, -0.2) is 56.2 Å². The average Bonchev–Trinajstić information content (AvgIpc) is 3.24. The molecule has 0 fully saturated rings. The van der Waals surface area contributed by atoms with E-state index in [4.69, 9.17) is 0 Å². The second kappa shape index (κ2) is 9.32. The number of nitrogens with zero attached hydrogens (tertiary/aromatic N) is 3. The summed E-state index contributed by atoms with van der Waals surface area (Å²) in [4.78, 5) is 25.9. The Labute approximate surface area is 192 Å². The minimum atomic E-state index is -2.44. The summed E-state index contributed by atoms with van der Waals surface area (Å²) in [5, 5.41) is 31.6. The lowest BCUT2D eigenvalue weighted by Gasteiger charge is -2.17. The number of rotatable bonds is 7. The van der Waals surface area contributed by atoms with E-state index in [0.717, 1.165) is 17.7 Å². The molecule has 0 saturated carbocycles. The summed E-state index contributed by atoms with van der Waals surface area (Å²) in [6.07, 6.45) is -0.869. The van der Waals surface area contributed by atoms with Crippen molar-refractivity contribution in [1.82, 2.24) is 20.3 Å². The van der Waals surface area contributed by atoms with Crippen LogP contribution in [0.25, 0.3) is 22.3 Å². The van der Waals surface area contributed by atoms with Crippen molar-refractivity contribution in [2.24, 2.45) is 0 Å². The van der Waals surface area contributed by atoms with Crippen LogP contribution in [0.5, 0.6) is 17.2 Å². The third-order valence-electron chi connectivity index (χ3n) is 5.17. The molecule has 1 aromatic carbocycles. The smallest absolute Gasteiger partial charge is 0.274 e. The summed E-state index contributed by atoms with van der Waals surface area (Å²) in [5.74, 6) is -2.24. The number of phenols is 3. The number of hydrogen-bond donors (Lipinski definition) is 5. The number of pyridine rings is 2. The lowest BCUT2D eigenvalue weighted by atomic mass is 10.1. The number of aromatic amines is 1. The molecule has 0 atom stereocenters. The molecule has 0 unspecified atom stereocenters. The van der Waals surface area contributed by atoms with Crippen LogP contribution in [0.4, 0.5) is 14.5 Å². The highest BCUT2D eigenvalue weighted by molar-refractivity contribution is 6.07. The molecular formula is C23H21F2N5O4. The summed E-state index contributed by atoms with van der Waals surface area (Å²) in [5.41, 5.74) is 3.49. The standard InChI is InChI=1S/C23H21F2N5O4/c1-30(14-7-19(31)22(33)20(32)8-14)23(34)18-9-17-16(29-18)3-2-15(28-17)12-4-5-27-13(6-12)10-26-11-21(24)25/h2-9,21,26,29,31-33H,10-11H2,1H3. The highest BCUT2D eigenvalue weighted by atomic mass is 19.3. The van der Waals surface area contributed by atoms with E-state index < -0.39 is 36.1 Å². The van der Waals surface area contributed by atoms with Gasteiger partial charge in [-0.3, -0.25) is 9.78 Å². The van der Waals surface area contributed by atoms with Crippen LogP contribution in [0.3, 0.4) is 0 Å². The van der Waals surface area contributed by atoms with Crippen LogP contribution in [0, 0.1) is 0 Å². The summed E-state index contributed by atoms with van der Waals surface area (Å²) < 4.78 is 24.7. The largest absolute Gasteiger partial charge is 0.504 e. The fourth-order valence-corrected chi connectivity index (χ4v) is 3.41.